The number of aromatic nitrogens is 2. The lowest BCUT2D eigenvalue weighted by Gasteiger charge is -2.57. The van der Waals surface area contributed by atoms with Crippen LogP contribution >= 0.6 is 0 Å². The van der Waals surface area contributed by atoms with Gasteiger partial charge in [0, 0.05) is 18.5 Å². The van der Waals surface area contributed by atoms with E-state index in [2.05, 4.69) is 56.8 Å². The normalized spacial score (nSPS) is 30.4. The molecule has 21 heavy (non-hydrogen) atoms. The highest BCUT2D eigenvalue weighted by atomic mass is 15.1. The van der Waals surface area contributed by atoms with E-state index in [9.17, 15) is 0 Å². The Labute approximate surface area is 126 Å². The van der Waals surface area contributed by atoms with Crippen LogP contribution in [-0.4, -0.2) is 22.1 Å². The molecule has 0 radical (unpaired) electrons. The SMILES string of the molecule is Cc1nc2cc3c(cc2n1C)[C@]1(C)CCN[C@@H](C3)C1(C)C. The van der Waals surface area contributed by atoms with E-state index >= 15 is 0 Å². The second-order valence-corrected chi connectivity index (χ2v) is 7.73. The number of nitrogens with one attached hydrogen (secondary N) is 1. The predicted octanol–water partition coefficient (Wildman–Crippen LogP) is 3.08. The molecule has 1 aromatic heterocycles. The molecule has 0 unspecified atom stereocenters. The first kappa shape index (κ1) is 13.3. The minimum Gasteiger partial charge on any atom is -0.331 e. The smallest absolute Gasteiger partial charge is 0.106 e. The highest BCUT2D eigenvalue weighted by Crippen LogP contribution is 2.54. The van der Waals surface area contributed by atoms with Gasteiger partial charge in [0.1, 0.15) is 5.82 Å². The van der Waals surface area contributed by atoms with E-state index in [1.807, 2.05) is 0 Å². The number of aryl methyl sites for hydroxylation is 2. The van der Waals surface area contributed by atoms with Crippen molar-refractivity contribution in [3.63, 3.8) is 0 Å². The molecule has 1 aliphatic heterocycles. The molecular weight excluding hydrogens is 258 g/mol. The van der Waals surface area contributed by atoms with Gasteiger partial charge in [-0.2, -0.15) is 0 Å². The molecule has 2 atom stereocenters. The van der Waals surface area contributed by atoms with E-state index in [-0.39, 0.29) is 5.41 Å². The fourth-order valence-electron chi connectivity index (χ4n) is 4.57. The van der Waals surface area contributed by atoms with Gasteiger partial charge in [-0.3, -0.25) is 0 Å². The van der Waals surface area contributed by atoms with Gasteiger partial charge in [0.05, 0.1) is 11.0 Å². The Morgan fingerprint density at radius 3 is 2.81 bits per heavy atom. The molecule has 2 bridgehead atoms. The van der Waals surface area contributed by atoms with E-state index in [4.69, 9.17) is 4.98 Å². The van der Waals surface area contributed by atoms with Gasteiger partial charge in [0.15, 0.2) is 0 Å². The molecule has 1 N–H and O–H groups in total. The van der Waals surface area contributed by atoms with Gasteiger partial charge in [-0.05, 0) is 55.0 Å². The Morgan fingerprint density at radius 1 is 1.29 bits per heavy atom. The lowest BCUT2D eigenvalue weighted by molar-refractivity contribution is 0.0561. The third kappa shape index (κ3) is 1.50. The zero-order valence-electron chi connectivity index (χ0n) is 13.7. The second-order valence-electron chi connectivity index (χ2n) is 7.73. The van der Waals surface area contributed by atoms with Crippen LogP contribution in [0.1, 0.15) is 44.1 Å². The van der Waals surface area contributed by atoms with Crippen molar-refractivity contribution in [2.24, 2.45) is 12.5 Å². The van der Waals surface area contributed by atoms with Gasteiger partial charge in [-0.1, -0.05) is 20.8 Å². The predicted molar refractivity (Wildman–Crippen MR) is 86.7 cm³/mol. The molecule has 1 fully saturated rings. The van der Waals surface area contributed by atoms with E-state index in [1.54, 1.807) is 5.56 Å². The third-order valence-corrected chi connectivity index (χ3v) is 6.66. The quantitative estimate of drug-likeness (QED) is 0.805. The van der Waals surface area contributed by atoms with Crippen molar-refractivity contribution in [1.82, 2.24) is 14.9 Å². The monoisotopic (exact) mass is 283 g/mol. The fourth-order valence-corrected chi connectivity index (χ4v) is 4.57. The topological polar surface area (TPSA) is 29.9 Å². The molecule has 2 aliphatic rings. The van der Waals surface area contributed by atoms with Gasteiger partial charge >= 0.3 is 0 Å². The Kier molecular flexibility index (Phi) is 2.47. The summed E-state index contributed by atoms with van der Waals surface area (Å²) in [4.78, 5) is 4.72. The number of hydrogen-bond acceptors (Lipinski definition) is 2. The summed E-state index contributed by atoms with van der Waals surface area (Å²) in [6.07, 6.45) is 2.34. The van der Waals surface area contributed by atoms with E-state index in [0.29, 0.717) is 11.5 Å². The maximum Gasteiger partial charge on any atom is 0.106 e. The van der Waals surface area contributed by atoms with Crippen LogP contribution in [0, 0.1) is 12.3 Å². The fraction of sp³-hybridized carbons (Fsp3) is 0.611. The number of nitrogens with zero attached hydrogens (tertiary/aromatic N) is 2. The number of piperidine rings is 1. The van der Waals surface area contributed by atoms with Crippen LogP contribution < -0.4 is 5.32 Å². The van der Waals surface area contributed by atoms with Crippen LogP contribution in [-0.2, 0) is 18.9 Å². The molecule has 1 aliphatic carbocycles. The van der Waals surface area contributed by atoms with Crippen LogP contribution in [0.5, 0.6) is 0 Å². The van der Waals surface area contributed by atoms with Crippen molar-refractivity contribution in [2.75, 3.05) is 6.54 Å². The van der Waals surface area contributed by atoms with Crippen LogP contribution in [0.2, 0.25) is 0 Å². The lowest BCUT2D eigenvalue weighted by Crippen LogP contribution is -2.62. The van der Waals surface area contributed by atoms with E-state index in [0.717, 1.165) is 24.3 Å². The van der Waals surface area contributed by atoms with Crippen LogP contribution in [0.3, 0.4) is 0 Å². The number of hydrogen-bond donors (Lipinski definition) is 1. The van der Waals surface area contributed by atoms with Gasteiger partial charge < -0.3 is 9.88 Å². The molecule has 1 saturated heterocycles. The maximum absolute atomic E-state index is 4.72. The largest absolute Gasteiger partial charge is 0.331 e. The molecule has 4 rings (SSSR count). The second kappa shape index (κ2) is 3.89. The number of fused-ring (bicyclic) bond motifs is 5. The molecule has 3 heteroatoms. The zero-order valence-corrected chi connectivity index (χ0v) is 13.7. The molecule has 2 aromatic rings. The summed E-state index contributed by atoms with van der Waals surface area (Å²) in [5.41, 5.74) is 6.03. The van der Waals surface area contributed by atoms with E-state index in [1.165, 1.54) is 17.5 Å². The number of rotatable bonds is 0. The maximum atomic E-state index is 4.72. The average molecular weight is 283 g/mol. The molecule has 0 amide bonds. The van der Waals surface area contributed by atoms with Crippen LogP contribution in [0.15, 0.2) is 12.1 Å². The summed E-state index contributed by atoms with van der Waals surface area (Å²) >= 11 is 0. The van der Waals surface area contributed by atoms with Gasteiger partial charge in [-0.15, -0.1) is 0 Å². The average Bonchev–Trinajstić information content (AvgIpc) is 2.68. The summed E-state index contributed by atoms with van der Waals surface area (Å²) in [6, 6.07) is 5.34. The Balaban J connectivity index is 2.03. The molecule has 2 heterocycles. The van der Waals surface area contributed by atoms with Gasteiger partial charge in [0.25, 0.3) is 0 Å². The molecule has 1 aromatic carbocycles. The summed E-state index contributed by atoms with van der Waals surface area (Å²) in [7, 11) is 2.12. The minimum absolute atomic E-state index is 0.253. The summed E-state index contributed by atoms with van der Waals surface area (Å²) < 4.78 is 2.22. The molecule has 112 valence electrons. The lowest BCUT2D eigenvalue weighted by atomic mass is 9.51. The van der Waals surface area contributed by atoms with Crippen molar-refractivity contribution in [1.29, 1.82) is 0 Å². The van der Waals surface area contributed by atoms with Crippen molar-refractivity contribution in [2.45, 2.75) is 52.0 Å². The Morgan fingerprint density at radius 2 is 2.05 bits per heavy atom. The van der Waals surface area contributed by atoms with Crippen LogP contribution in [0.4, 0.5) is 0 Å². The first-order valence-electron chi connectivity index (χ1n) is 8.04. The molecule has 0 saturated carbocycles. The highest BCUT2D eigenvalue weighted by molar-refractivity contribution is 5.79. The molecular formula is C18H25N3. The van der Waals surface area contributed by atoms with Gasteiger partial charge in [-0.25, -0.2) is 4.98 Å². The Hall–Kier alpha value is -1.35. The minimum atomic E-state index is 0.253. The first-order chi connectivity index (χ1) is 9.84. The molecule has 0 spiro atoms. The van der Waals surface area contributed by atoms with Crippen molar-refractivity contribution in [3.05, 3.63) is 29.1 Å². The summed E-state index contributed by atoms with van der Waals surface area (Å²) in [6.45, 7) is 10.6. The Bertz CT molecular complexity index is 740. The summed E-state index contributed by atoms with van der Waals surface area (Å²) in [5.74, 6) is 1.10. The zero-order chi connectivity index (χ0) is 15.0. The highest BCUT2D eigenvalue weighted by Gasteiger charge is 2.53. The van der Waals surface area contributed by atoms with Crippen LogP contribution in [0.25, 0.3) is 11.0 Å². The first-order valence-corrected chi connectivity index (χ1v) is 8.04. The van der Waals surface area contributed by atoms with Crippen molar-refractivity contribution < 1.29 is 0 Å². The molecule has 3 nitrogen and oxygen atoms in total. The van der Waals surface area contributed by atoms with E-state index < -0.39 is 0 Å². The summed E-state index contributed by atoms with van der Waals surface area (Å²) in [5, 5.41) is 3.75. The number of benzene rings is 1. The third-order valence-electron chi connectivity index (χ3n) is 6.66. The number of imidazole rings is 1. The standard InChI is InChI=1S/C18H25N3/c1-11-20-14-8-12-9-16-17(2,3)18(4,6-7-19-16)13(12)10-15(14)21(11)5/h8,10,16,19H,6-7,9H2,1-5H3/t16-,18-/m0/s1. The van der Waals surface area contributed by atoms with Crippen molar-refractivity contribution in [3.8, 4) is 0 Å². The van der Waals surface area contributed by atoms with Crippen molar-refractivity contribution >= 4 is 11.0 Å². The van der Waals surface area contributed by atoms with Gasteiger partial charge in [0.2, 0.25) is 0 Å².